The molecular formula is C29H44BF3N8O13. The summed E-state index contributed by atoms with van der Waals surface area (Å²) in [6.45, 7) is 8.49. The molecule has 0 saturated carbocycles. The zero-order valence-electron chi connectivity index (χ0n) is 29.8. The molecule has 0 radical (unpaired) electrons. The van der Waals surface area contributed by atoms with Gasteiger partial charge in [-0.1, -0.05) is 27.7 Å². The van der Waals surface area contributed by atoms with Crippen LogP contribution in [0.25, 0.3) is 0 Å². The molecule has 2 saturated heterocycles. The predicted molar refractivity (Wildman–Crippen MR) is 180 cm³/mol. The fraction of sp³-hybridized carbons (Fsp3) is 0.621. The molecule has 0 spiro atoms. The third-order valence-electron chi connectivity index (χ3n) is 7.18. The molecule has 2 amide bonds. The van der Waals surface area contributed by atoms with Crippen LogP contribution in [0.5, 0.6) is 0 Å². The summed E-state index contributed by atoms with van der Waals surface area (Å²) in [6.07, 6.45) is -5.05. The molecule has 2 fully saturated rings. The summed E-state index contributed by atoms with van der Waals surface area (Å²) in [6, 6.07) is 1.62. The molecule has 0 aliphatic carbocycles. The Morgan fingerprint density at radius 1 is 0.889 bits per heavy atom. The number of aliphatic hydroxyl groups excluding tert-OH is 2. The number of hydrogen-bond donors (Lipinski definition) is 8. The largest absolute Gasteiger partial charge is 0.490 e. The molecule has 0 aromatic carbocycles. The number of rotatable bonds is 12. The minimum absolute atomic E-state index is 0.0279. The van der Waals surface area contributed by atoms with Crippen LogP contribution in [0.15, 0.2) is 34.1 Å². The lowest BCUT2D eigenvalue weighted by atomic mass is 9.85. The summed E-state index contributed by atoms with van der Waals surface area (Å²) in [5, 5.41) is 42.3. The summed E-state index contributed by atoms with van der Waals surface area (Å²) >= 11 is 0. The number of nitrogens with zero attached hydrogens (tertiary/aromatic N) is 4. The number of alkyl halides is 3. The van der Waals surface area contributed by atoms with Gasteiger partial charge in [-0.05, 0) is 30.8 Å². The van der Waals surface area contributed by atoms with Crippen molar-refractivity contribution in [3.63, 3.8) is 0 Å². The maximum absolute atomic E-state index is 12.3. The lowest BCUT2D eigenvalue weighted by Crippen LogP contribution is -2.50. The molecule has 302 valence electrons. The molecule has 54 heavy (non-hydrogen) atoms. The number of nitrogens with two attached hydrogens (primary N) is 1. The number of nitrogens with one attached hydrogen (secondary N) is 3. The smallest absolute Gasteiger partial charge is 0.475 e. The van der Waals surface area contributed by atoms with Gasteiger partial charge in [0, 0.05) is 12.4 Å². The number of aliphatic hydroxyl groups is 2. The fourth-order valence-electron chi connectivity index (χ4n) is 4.32. The summed E-state index contributed by atoms with van der Waals surface area (Å²) in [5.41, 5.74) is 4.51. The van der Waals surface area contributed by atoms with E-state index in [1.54, 1.807) is 0 Å². The highest BCUT2D eigenvalue weighted by atomic mass is 19.4. The van der Waals surface area contributed by atoms with Crippen molar-refractivity contribution in [3.05, 3.63) is 45.5 Å². The first-order chi connectivity index (χ1) is 25.2. The molecule has 4 rings (SSSR count). The van der Waals surface area contributed by atoms with E-state index in [1.807, 2.05) is 27.7 Å². The van der Waals surface area contributed by atoms with E-state index in [2.05, 4.69) is 25.8 Å². The highest BCUT2D eigenvalue weighted by molar-refractivity contribution is 6.46. The van der Waals surface area contributed by atoms with E-state index in [4.69, 9.17) is 44.8 Å². The third-order valence-corrected chi connectivity index (χ3v) is 7.18. The van der Waals surface area contributed by atoms with Gasteiger partial charge in [-0.3, -0.25) is 18.7 Å². The number of carbonyl (C=O) groups is 3. The van der Waals surface area contributed by atoms with Gasteiger partial charge in [0.2, 0.25) is 11.8 Å². The standard InChI is InChI=1S/C14H23BN4O6.C13H20N4O5.C2HF3O2/c1-8(2)12(18-15(3)23)13(21)16-9-4-5-19(14(22)17-9)10-7-24-11(6-20)25-10;1-7(2)11(14)12(19)15-8-3-4-17(13(20)16-8)9-6-21-10(5-18)22-9;3-2(4,5)1(6)7/h4-5,8,10-12,18,20,23H,6-7H2,1-3H3,(H,16,17,21,22);3-4,7,9-11,18H,5-6,14H2,1-2H3,(H,15,16,19,20);(H,6,7)/t10-,11-,12-;9-,10-,11-;/m00./s1. The van der Waals surface area contributed by atoms with Crippen LogP contribution >= 0.6 is 0 Å². The Morgan fingerprint density at radius 3 is 1.59 bits per heavy atom. The molecule has 2 aliphatic heterocycles. The Hall–Kier alpha value is -4.34. The van der Waals surface area contributed by atoms with E-state index in [9.17, 15) is 37.4 Å². The monoisotopic (exact) mass is 780 g/mol. The molecule has 6 atom stereocenters. The van der Waals surface area contributed by atoms with Gasteiger partial charge in [0.15, 0.2) is 25.0 Å². The van der Waals surface area contributed by atoms with Gasteiger partial charge in [0.05, 0.1) is 38.5 Å². The lowest BCUT2D eigenvalue weighted by molar-refractivity contribution is -0.192. The van der Waals surface area contributed by atoms with Crippen LogP contribution in [-0.2, 0) is 33.3 Å². The van der Waals surface area contributed by atoms with Gasteiger partial charge in [-0.25, -0.2) is 14.4 Å². The Kier molecular flexibility index (Phi) is 17.8. The second-order valence-corrected chi connectivity index (χ2v) is 12.2. The van der Waals surface area contributed by atoms with Crippen molar-refractivity contribution >= 4 is 36.5 Å². The van der Waals surface area contributed by atoms with Gasteiger partial charge >= 0.3 is 30.6 Å². The van der Waals surface area contributed by atoms with E-state index in [-0.39, 0.29) is 49.9 Å². The highest BCUT2D eigenvalue weighted by Crippen LogP contribution is 2.20. The van der Waals surface area contributed by atoms with Crippen molar-refractivity contribution in [2.75, 3.05) is 37.1 Å². The first-order valence-electron chi connectivity index (χ1n) is 16.2. The molecule has 9 N–H and O–H groups in total. The van der Waals surface area contributed by atoms with Gasteiger partial charge < -0.3 is 60.9 Å². The number of ether oxygens (including phenoxy) is 4. The maximum atomic E-state index is 12.3. The first kappa shape index (κ1) is 45.8. The Bertz CT molecular complexity index is 1660. The van der Waals surface area contributed by atoms with Crippen LogP contribution in [-0.4, -0.2) is 122 Å². The van der Waals surface area contributed by atoms with E-state index >= 15 is 0 Å². The normalized spacial score (nSPS) is 20.6. The summed E-state index contributed by atoms with van der Waals surface area (Å²) in [7, 11) is -0.849. The molecular weight excluding hydrogens is 736 g/mol. The third kappa shape index (κ3) is 14.1. The summed E-state index contributed by atoms with van der Waals surface area (Å²) in [4.78, 5) is 64.7. The molecule has 2 aromatic heterocycles. The quantitative estimate of drug-likeness (QED) is 0.113. The molecule has 25 heteroatoms. The number of hydrogen-bond acceptors (Lipinski definition) is 16. The second-order valence-electron chi connectivity index (χ2n) is 12.2. The minimum atomic E-state index is -5.08. The average Bonchev–Trinajstić information content (AvgIpc) is 3.77. The molecule has 2 aromatic rings. The predicted octanol–water partition coefficient (Wildman–Crippen LogP) is -1.57. The van der Waals surface area contributed by atoms with Crippen molar-refractivity contribution in [1.29, 1.82) is 0 Å². The number of halogens is 3. The zero-order chi connectivity index (χ0) is 40.9. The number of anilines is 2. The molecule has 21 nitrogen and oxygen atoms in total. The number of carboxylic acids is 1. The van der Waals surface area contributed by atoms with Crippen LogP contribution in [0.2, 0.25) is 6.82 Å². The number of carboxylic acid groups (broad SMARTS) is 1. The Labute approximate surface area is 305 Å². The van der Waals surface area contributed by atoms with Crippen LogP contribution in [0.3, 0.4) is 0 Å². The zero-order valence-corrected chi connectivity index (χ0v) is 29.8. The number of aromatic nitrogens is 4. The molecule has 0 bridgehead atoms. The van der Waals surface area contributed by atoms with Crippen molar-refractivity contribution in [2.45, 2.75) is 77.8 Å². The minimum Gasteiger partial charge on any atom is -0.475 e. The lowest BCUT2D eigenvalue weighted by Gasteiger charge is -2.22. The number of carbonyl (C=O) groups excluding carboxylic acids is 2. The van der Waals surface area contributed by atoms with Crippen molar-refractivity contribution in [3.8, 4) is 0 Å². The van der Waals surface area contributed by atoms with E-state index in [0.29, 0.717) is 0 Å². The SMILES string of the molecule is CB(O)N[C@H](C(=O)Nc1ccn([C@@H]2CO[C@H](CO)O2)c(=O)n1)C(C)C.CC(C)[C@H](N)C(=O)Nc1ccn([C@@H]2CO[C@H](CO)O2)c(=O)n1.O=C(O)C(F)(F)F. The van der Waals surface area contributed by atoms with Gasteiger partial charge in [-0.2, -0.15) is 23.1 Å². The van der Waals surface area contributed by atoms with E-state index in [1.165, 1.54) is 40.5 Å². The van der Waals surface area contributed by atoms with Crippen LogP contribution < -0.4 is 33.0 Å². The topological polar surface area (TPSA) is 301 Å². The van der Waals surface area contributed by atoms with Gasteiger partial charge in [0.1, 0.15) is 11.6 Å². The molecule has 2 aliphatic rings. The fourth-order valence-corrected chi connectivity index (χ4v) is 4.32. The highest BCUT2D eigenvalue weighted by Gasteiger charge is 2.38. The summed E-state index contributed by atoms with van der Waals surface area (Å²) in [5.74, 6) is -3.44. The summed E-state index contributed by atoms with van der Waals surface area (Å²) < 4.78 is 55.1. The van der Waals surface area contributed by atoms with Gasteiger partial charge in [-0.15, -0.1) is 0 Å². The average molecular weight is 781 g/mol. The van der Waals surface area contributed by atoms with Crippen molar-refractivity contribution in [2.24, 2.45) is 17.6 Å². The molecule has 4 heterocycles. The van der Waals surface area contributed by atoms with Crippen LogP contribution in [0, 0.1) is 11.8 Å². The first-order valence-corrected chi connectivity index (χ1v) is 16.2. The van der Waals surface area contributed by atoms with Crippen molar-refractivity contribution in [1.82, 2.24) is 24.3 Å². The van der Waals surface area contributed by atoms with Crippen molar-refractivity contribution < 1.29 is 66.8 Å². The van der Waals surface area contributed by atoms with E-state index in [0.717, 1.165) is 0 Å². The van der Waals surface area contributed by atoms with Crippen LogP contribution in [0.1, 0.15) is 40.2 Å². The Morgan fingerprint density at radius 2 is 1.30 bits per heavy atom. The Balaban J connectivity index is 0.000000320. The van der Waals surface area contributed by atoms with E-state index < -0.39 is 79.5 Å². The van der Waals surface area contributed by atoms with Gasteiger partial charge in [0.25, 0.3) is 0 Å². The van der Waals surface area contributed by atoms with Crippen LogP contribution in [0.4, 0.5) is 24.8 Å². The maximum Gasteiger partial charge on any atom is 0.490 e. The number of aliphatic carboxylic acids is 1. The second kappa shape index (κ2) is 20.9. The number of amides is 2. The molecule has 0 unspecified atom stereocenters.